The van der Waals surface area contributed by atoms with Crippen molar-refractivity contribution in [1.29, 1.82) is 0 Å². The van der Waals surface area contributed by atoms with E-state index in [1.165, 1.54) is 0 Å². The Kier molecular flexibility index (Phi) is 2.00. The van der Waals surface area contributed by atoms with E-state index >= 15 is 0 Å². The number of hydrogen-bond acceptors (Lipinski definition) is 2. The Labute approximate surface area is 83.0 Å². The van der Waals surface area contributed by atoms with E-state index in [0.29, 0.717) is 0 Å². The SMILES string of the molecule is Cc1ncc(-c2cccc(N)c2C)[nH]1. The maximum absolute atomic E-state index is 5.83. The normalized spacial score (nSPS) is 10.4. The number of nitrogen functional groups attached to an aromatic ring is 1. The molecule has 2 aromatic rings. The van der Waals surface area contributed by atoms with Gasteiger partial charge in [-0.15, -0.1) is 0 Å². The molecule has 0 fully saturated rings. The molecule has 0 aliphatic rings. The molecule has 0 aliphatic carbocycles. The average molecular weight is 187 g/mol. The Morgan fingerprint density at radius 1 is 1.29 bits per heavy atom. The summed E-state index contributed by atoms with van der Waals surface area (Å²) in [6.45, 7) is 3.95. The zero-order chi connectivity index (χ0) is 10.1. The highest BCUT2D eigenvalue weighted by atomic mass is 14.9. The summed E-state index contributed by atoms with van der Waals surface area (Å²) < 4.78 is 0. The minimum absolute atomic E-state index is 0.815. The second kappa shape index (κ2) is 3.18. The Morgan fingerprint density at radius 3 is 2.71 bits per heavy atom. The summed E-state index contributed by atoms with van der Waals surface area (Å²) in [5.74, 6) is 0.918. The van der Waals surface area contributed by atoms with Gasteiger partial charge in [-0.1, -0.05) is 12.1 Å². The van der Waals surface area contributed by atoms with Crippen LogP contribution in [0, 0.1) is 13.8 Å². The van der Waals surface area contributed by atoms with Crippen LogP contribution in [0.2, 0.25) is 0 Å². The first-order valence-corrected chi connectivity index (χ1v) is 4.55. The summed E-state index contributed by atoms with van der Waals surface area (Å²) in [5, 5.41) is 0. The summed E-state index contributed by atoms with van der Waals surface area (Å²) in [4.78, 5) is 7.36. The molecule has 3 nitrogen and oxygen atoms in total. The van der Waals surface area contributed by atoms with Crippen LogP contribution >= 0.6 is 0 Å². The highest BCUT2D eigenvalue weighted by Gasteiger charge is 2.05. The van der Waals surface area contributed by atoms with E-state index in [1.807, 2.05) is 38.2 Å². The van der Waals surface area contributed by atoms with Gasteiger partial charge in [-0.05, 0) is 25.5 Å². The van der Waals surface area contributed by atoms with E-state index in [-0.39, 0.29) is 0 Å². The zero-order valence-electron chi connectivity index (χ0n) is 8.33. The Hall–Kier alpha value is -1.77. The molecule has 14 heavy (non-hydrogen) atoms. The number of anilines is 1. The molecule has 0 spiro atoms. The summed E-state index contributed by atoms with van der Waals surface area (Å²) in [5.41, 5.74) is 9.88. The van der Waals surface area contributed by atoms with Crippen molar-refractivity contribution in [2.45, 2.75) is 13.8 Å². The van der Waals surface area contributed by atoms with E-state index in [2.05, 4.69) is 9.97 Å². The van der Waals surface area contributed by atoms with Crippen LogP contribution < -0.4 is 5.73 Å². The number of aromatic amines is 1. The number of aryl methyl sites for hydroxylation is 1. The minimum Gasteiger partial charge on any atom is -0.398 e. The Balaban J connectivity index is 2.57. The first-order chi connectivity index (χ1) is 6.68. The van der Waals surface area contributed by atoms with Crippen LogP contribution in [0.5, 0.6) is 0 Å². The fourth-order valence-electron chi connectivity index (χ4n) is 1.50. The first kappa shape index (κ1) is 8.81. The lowest BCUT2D eigenvalue weighted by Crippen LogP contribution is -1.91. The summed E-state index contributed by atoms with van der Waals surface area (Å²) in [6.07, 6.45) is 1.83. The van der Waals surface area contributed by atoms with E-state index in [0.717, 1.165) is 28.3 Å². The summed E-state index contributed by atoms with van der Waals surface area (Å²) in [6, 6.07) is 5.90. The monoisotopic (exact) mass is 187 g/mol. The molecular weight excluding hydrogens is 174 g/mol. The molecule has 3 N–H and O–H groups in total. The van der Waals surface area contributed by atoms with Crippen molar-refractivity contribution >= 4 is 5.69 Å². The quantitative estimate of drug-likeness (QED) is 0.673. The van der Waals surface area contributed by atoms with Gasteiger partial charge in [-0.25, -0.2) is 4.98 Å². The van der Waals surface area contributed by atoms with E-state index in [9.17, 15) is 0 Å². The lowest BCUT2D eigenvalue weighted by atomic mass is 10.0. The first-order valence-electron chi connectivity index (χ1n) is 4.55. The van der Waals surface area contributed by atoms with Crippen LogP contribution in [-0.4, -0.2) is 9.97 Å². The van der Waals surface area contributed by atoms with Crippen LogP contribution in [0.1, 0.15) is 11.4 Å². The minimum atomic E-state index is 0.815. The molecular formula is C11H13N3. The van der Waals surface area contributed by atoms with Crippen molar-refractivity contribution in [3.63, 3.8) is 0 Å². The van der Waals surface area contributed by atoms with Crippen molar-refractivity contribution in [2.24, 2.45) is 0 Å². The number of aromatic nitrogens is 2. The van der Waals surface area contributed by atoms with Gasteiger partial charge in [0.15, 0.2) is 0 Å². The largest absolute Gasteiger partial charge is 0.398 e. The highest BCUT2D eigenvalue weighted by Crippen LogP contribution is 2.25. The van der Waals surface area contributed by atoms with Crippen molar-refractivity contribution in [1.82, 2.24) is 9.97 Å². The Bertz CT molecular complexity index is 457. The van der Waals surface area contributed by atoms with Crippen molar-refractivity contribution in [2.75, 3.05) is 5.73 Å². The molecule has 1 heterocycles. The smallest absolute Gasteiger partial charge is 0.103 e. The molecule has 0 bridgehead atoms. The van der Waals surface area contributed by atoms with Gasteiger partial charge in [0.05, 0.1) is 11.9 Å². The van der Waals surface area contributed by atoms with Gasteiger partial charge in [-0.3, -0.25) is 0 Å². The van der Waals surface area contributed by atoms with E-state index in [1.54, 1.807) is 0 Å². The van der Waals surface area contributed by atoms with Gasteiger partial charge in [-0.2, -0.15) is 0 Å². The van der Waals surface area contributed by atoms with Gasteiger partial charge in [0.25, 0.3) is 0 Å². The number of hydrogen-bond donors (Lipinski definition) is 2. The van der Waals surface area contributed by atoms with Crippen LogP contribution in [0.3, 0.4) is 0 Å². The van der Waals surface area contributed by atoms with Gasteiger partial charge < -0.3 is 10.7 Å². The number of benzene rings is 1. The molecule has 2 rings (SSSR count). The predicted molar refractivity (Wildman–Crippen MR) is 57.9 cm³/mol. The number of H-pyrrole nitrogens is 1. The van der Waals surface area contributed by atoms with Gasteiger partial charge in [0.2, 0.25) is 0 Å². The molecule has 3 heteroatoms. The van der Waals surface area contributed by atoms with Gasteiger partial charge >= 0.3 is 0 Å². The predicted octanol–water partition coefficient (Wildman–Crippen LogP) is 2.28. The number of nitrogens with one attached hydrogen (secondary N) is 1. The lowest BCUT2D eigenvalue weighted by Gasteiger charge is -2.05. The summed E-state index contributed by atoms with van der Waals surface area (Å²) in [7, 11) is 0. The number of rotatable bonds is 1. The molecule has 1 aromatic heterocycles. The molecule has 0 unspecified atom stereocenters. The number of imidazole rings is 1. The van der Waals surface area contributed by atoms with Crippen molar-refractivity contribution < 1.29 is 0 Å². The topological polar surface area (TPSA) is 54.7 Å². The van der Waals surface area contributed by atoms with Crippen molar-refractivity contribution in [3.05, 3.63) is 35.8 Å². The van der Waals surface area contributed by atoms with E-state index < -0.39 is 0 Å². The highest BCUT2D eigenvalue weighted by molar-refractivity contribution is 5.69. The molecule has 1 aromatic carbocycles. The summed E-state index contributed by atoms with van der Waals surface area (Å²) >= 11 is 0. The zero-order valence-corrected chi connectivity index (χ0v) is 8.33. The average Bonchev–Trinajstić information content (AvgIpc) is 2.57. The number of nitrogens with zero attached hydrogens (tertiary/aromatic N) is 1. The third-order valence-corrected chi connectivity index (χ3v) is 2.37. The van der Waals surface area contributed by atoms with Gasteiger partial charge in [0.1, 0.15) is 5.82 Å². The third kappa shape index (κ3) is 1.37. The van der Waals surface area contributed by atoms with Crippen LogP contribution in [0.15, 0.2) is 24.4 Å². The van der Waals surface area contributed by atoms with Crippen LogP contribution in [0.25, 0.3) is 11.3 Å². The molecule has 0 amide bonds. The number of nitrogens with two attached hydrogens (primary N) is 1. The molecule has 0 atom stereocenters. The second-order valence-corrected chi connectivity index (χ2v) is 3.40. The molecule has 0 saturated carbocycles. The van der Waals surface area contributed by atoms with Gasteiger partial charge in [0, 0.05) is 11.3 Å². The van der Waals surface area contributed by atoms with E-state index in [4.69, 9.17) is 5.73 Å². The van der Waals surface area contributed by atoms with Crippen LogP contribution in [0.4, 0.5) is 5.69 Å². The maximum Gasteiger partial charge on any atom is 0.103 e. The molecule has 0 radical (unpaired) electrons. The maximum atomic E-state index is 5.83. The molecule has 0 saturated heterocycles. The fraction of sp³-hybridized carbons (Fsp3) is 0.182. The second-order valence-electron chi connectivity index (χ2n) is 3.40. The standard InChI is InChI=1S/C11H13N3/c1-7-9(4-3-5-10(7)12)11-6-13-8(2)14-11/h3-6H,12H2,1-2H3,(H,13,14). The molecule has 0 aliphatic heterocycles. The lowest BCUT2D eigenvalue weighted by molar-refractivity contribution is 1.15. The fourth-order valence-corrected chi connectivity index (χ4v) is 1.50. The Morgan fingerprint density at radius 2 is 2.07 bits per heavy atom. The van der Waals surface area contributed by atoms with Crippen molar-refractivity contribution in [3.8, 4) is 11.3 Å². The third-order valence-electron chi connectivity index (χ3n) is 2.37. The van der Waals surface area contributed by atoms with Crippen LogP contribution in [-0.2, 0) is 0 Å². The molecule has 72 valence electrons.